The molecule has 1 N–H and O–H groups in total. The van der Waals surface area contributed by atoms with Crippen molar-refractivity contribution in [3.63, 3.8) is 0 Å². The summed E-state index contributed by atoms with van der Waals surface area (Å²) in [6.45, 7) is 3.46. The van der Waals surface area contributed by atoms with E-state index in [9.17, 15) is 4.79 Å². The molecule has 0 amide bonds. The van der Waals surface area contributed by atoms with Crippen molar-refractivity contribution in [1.82, 2.24) is 9.88 Å². The van der Waals surface area contributed by atoms with Crippen LogP contribution in [0.4, 0.5) is 0 Å². The van der Waals surface area contributed by atoms with Crippen molar-refractivity contribution in [2.24, 2.45) is 5.92 Å². The smallest absolute Gasteiger partial charge is 0.255 e. The van der Waals surface area contributed by atoms with Crippen LogP contribution in [-0.4, -0.2) is 35.6 Å². The highest BCUT2D eigenvalue weighted by Crippen LogP contribution is 2.31. The Bertz CT molecular complexity index is 805. The third kappa shape index (κ3) is 4.07. The summed E-state index contributed by atoms with van der Waals surface area (Å²) >= 11 is 6.36. The van der Waals surface area contributed by atoms with Crippen LogP contribution in [0.25, 0.3) is 10.8 Å². The molecule has 1 aromatic carbocycles. The van der Waals surface area contributed by atoms with E-state index in [0.717, 1.165) is 37.2 Å². The van der Waals surface area contributed by atoms with Crippen molar-refractivity contribution in [3.8, 4) is 5.75 Å². The lowest BCUT2D eigenvalue weighted by Crippen LogP contribution is -2.41. The van der Waals surface area contributed by atoms with Gasteiger partial charge in [-0.15, -0.1) is 0 Å². The van der Waals surface area contributed by atoms with Crippen LogP contribution in [0.1, 0.15) is 44.9 Å². The summed E-state index contributed by atoms with van der Waals surface area (Å²) in [5.41, 5.74) is -0.119. The summed E-state index contributed by atoms with van der Waals surface area (Å²) < 4.78 is 6.20. The van der Waals surface area contributed by atoms with E-state index in [1.807, 2.05) is 12.1 Å². The van der Waals surface area contributed by atoms with Crippen LogP contribution in [0, 0.1) is 5.92 Å². The van der Waals surface area contributed by atoms with Crippen LogP contribution in [0.5, 0.6) is 5.75 Å². The van der Waals surface area contributed by atoms with E-state index in [-0.39, 0.29) is 11.7 Å². The van der Waals surface area contributed by atoms with Gasteiger partial charge in [0.2, 0.25) is 0 Å². The standard InChI is InChI=1S/C21H27ClN2O2/c22-19-13-18-16(6-9-23-21(18)25)12-20(19)26-17-7-10-24(11-8-17)14-15-4-2-1-3-5-15/h6,9,12-13,15,17H,1-5,7-8,10-11,14H2,(H,23,25). The van der Waals surface area contributed by atoms with Crippen LogP contribution < -0.4 is 10.3 Å². The monoisotopic (exact) mass is 374 g/mol. The number of aromatic amines is 1. The van der Waals surface area contributed by atoms with Gasteiger partial charge >= 0.3 is 0 Å². The predicted octanol–water partition coefficient (Wildman–Crippen LogP) is 4.61. The first-order valence-electron chi connectivity index (χ1n) is 9.89. The zero-order valence-electron chi connectivity index (χ0n) is 15.2. The normalized spacial score (nSPS) is 20.5. The number of pyridine rings is 1. The molecule has 0 atom stereocenters. The Labute approximate surface area is 159 Å². The van der Waals surface area contributed by atoms with Crippen LogP contribution in [0.15, 0.2) is 29.2 Å². The third-order valence-electron chi connectivity index (χ3n) is 5.90. The molecule has 0 unspecified atom stereocenters. The van der Waals surface area contributed by atoms with E-state index in [2.05, 4.69) is 9.88 Å². The molecule has 4 rings (SSSR count). The molecule has 0 spiro atoms. The van der Waals surface area contributed by atoms with E-state index >= 15 is 0 Å². The number of nitrogens with one attached hydrogen (secondary N) is 1. The van der Waals surface area contributed by atoms with Gasteiger partial charge in [0, 0.05) is 31.2 Å². The number of H-pyrrole nitrogens is 1. The maximum Gasteiger partial charge on any atom is 0.255 e. The van der Waals surface area contributed by atoms with Gasteiger partial charge in [0.1, 0.15) is 11.9 Å². The Morgan fingerprint density at radius 2 is 1.88 bits per heavy atom. The van der Waals surface area contributed by atoms with E-state index in [1.165, 1.54) is 38.6 Å². The number of halogens is 1. The lowest BCUT2D eigenvalue weighted by Gasteiger charge is -2.35. The minimum atomic E-state index is -0.119. The van der Waals surface area contributed by atoms with Gasteiger partial charge in [-0.25, -0.2) is 0 Å². The van der Waals surface area contributed by atoms with Crippen molar-refractivity contribution < 1.29 is 4.74 Å². The van der Waals surface area contributed by atoms with Crippen LogP contribution in [-0.2, 0) is 0 Å². The number of likely N-dealkylation sites (tertiary alicyclic amines) is 1. The van der Waals surface area contributed by atoms with Crippen molar-refractivity contribution in [2.45, 2.75) is 51.0 Å². The number of piperidine rings is 1. The van der Waals surface area contributed by atoms with E-state index in [0.29, 0.717) is 16.2 Å². The van der Waals surface area contributed by atoms with Crippen molar-refractivity contribution in [2.75, 3.05) is 19.6 Å². The van der Waals surface area contributed by atoms with Crippen LogP contribution in [0.2, 0.25) is 5.02 Å². The molecule has 1 aromatic heterocycles. The maximum absolute atomic E-state index is 11.9. The Hall–Kier alpha value is -1.52. The average Bonchev–Trinajstić information content (AvgIpc) is 2.66. The molecule has 1 aliphatic carbocycles. The minimum absolute atomic E-state index is 0.119. The largest absolute Gasteiger partial charge is 0.489 e. The summed E-state index contributed by atoms with van der Waals surface area (Å²) in [7, 11) is 0. The van der Waals surface area contributed by atoms with Crippen molar-refractivity contribution in [1.29, 1.82) is 0 Å². The molecular formula is C21H27ClN2O2. The summed E-state index contributed by atoms with van der Waals surface area (Å²) in [4.78, 5) is 17.2. The van der Waals surface area contributed by atoms with Gasteiger partial charge < -0.3 is 14.6 Å². The highest BCUT2D eigenvalue weighted by molar-refractivity contribution is 6.32. The van der Waals surface area contributed by atoms with Gasteiger partial charge in [-0.2, -0.15) is 0 Å². The molecule has 0 bridgehead atoms. The van der Waals surface area contributed by atoms with Gasteiger partial charge in [-0.1, -0.05) is 30.9 Å². The zero-order valence-corrected chi connectivity index (χ0v) is 15.9. The van der Waals surface area contributed by atoms with Crippen molar-refractivity contribution in [3.05, 3.63) is 39.8 Å². The zero-order chi connectivity index (χ0) is 17.9. The Balaban J connectivity index is 1.36. The molecule has 2 aliphatic rings. The number of hydrogen-bond donors (Lipinski definition) is 1. The first-order chi connectivity index (χ1) is 12.7. The number of aromatic nitrogens is 1. The number of hydrogen-bond acceptors (Lipinski definition) is 3. The quantitative estimate of drug-likeness (QED) is 0.850. The lowest BCUT2D eigenvalue weighted by molar-refractivity contribution is 0.0865. The van der Waals surface area contributed by atoms with Gasteiger partial charge in [-0.3, -0.25) is 4.79 Å². The van der Waals surface area contributed by atoms with Gasteiger partial charge in [0.15, 0.2) is 0 Å². The Morgan fingerprint density at radius 3 is 2.65 bits per heavy atom. The van der Waals surface area contributed by atoms with E-state index in [4.69, 9.17) is 16.3 Å². The fraction of sp³-hybridized carbons (Fsp3) is 0.571. The SMILES string of the molecule is O=c1[nH]ccc2cc(OC3CCN(CC4CCCCC4)CC3)c(Cl)cc12. The predicted molar refractivity (Wildman–Crippen MR) is 106 cm³/mol. The van der Waals surface area contributed by atoms with Gasteiger partial charge in [0.05, 0.1) is 5.02 Å². The van der Waals surface area contributed by atoms with E-state index in [1.54, 1.807) is 12.3 Å². The second-order valence-corrected chi connectivity index (χ2v) is 8.21. The van der Waals surface area contributed by atoms with Crippen LogP contribution >= 0.6 is 11.6 Å². The highest BCUT2D eigenvalue weighted by Gasteiger charge is 2.24. The first kappa shape index (κ1) is 17.9. The number of benzene rings is 1. The second kappa shape index (κ2) is 8.01. The number of ether oxygens (including phenoxy) is 1. The van der Waals surface area contributed by atoms with Gasteiger partial charge in [-0.05, 0) is 55.2 Å². The van der Waals surface area contributed by atoms with E-state index < -0.39 is 0 Å². The molecule has 0 radical (unpaired) electrons. The summed E-state index contributed by atoms with van der Waals surface area (Å²) in [6.07, 6.45) is 11.0. The molecule has 2 fully saturated rings. The Kier molecular flexibility index (Phi) is 5.51. The summed E-state index contributed by atoms with van der Waals surface area (Å²) in [6, 6.07) is 5.48. The summed E-state index contributed by atoms with van der Waals surface area (Å²) in [5, 5.41) is 1.98. The Morgan fingerprint density at radius 1 is 1.12 bits per heavy atom. The van der Waals surface area contributed by atoms with Crippen LogP contribution in [0.3, 0.4) is 0 Å². The third-order valence-corrected chi connectivity index (χ3v) is 6.19. The number of nitrogens with zero attached hydrogens (tertiary/aromatic N) is 1. The average molecular weight is 375 g/mol. The summed E-state index contributed by atoms with van der Waals surface area (Å²) in [5.74, 6) is 1.59. The molecule has 2 aromatic rings. The molecule has 140 valence electrons. The lowest BCUT2D eigenvalue weighted by atomic mass is 9.88. The molecule has 2 heterocycles. The highest BCUT2D eigenvalue weighted by atomic mass is 35.5. The topological polar surface area (TPSA) is 45.3 Å². The fourth-order valence-electron chi connectivity index (χ4n) is 4.40. The van der Waals surface area contributed by atoms with Crippen molar-refractivity contribution >= 4 is 22.4 Å². The molecule has 26 heavy (non-hydrogen) atoms. The maximum atomic E-state index is 11.9. The minimum Gasteiger partial charge on any atom is -0.489 e. The number of rotatable bonds is 4. The molecule has 1 saturated carbocycles. The first-order valence-corrected chi connectivity index (χ1v) is 10.3. The fourth-order valence-corrected chi connectivity index (χ4v) is 4.61. The molecule has 1 aliphatic heterocycles. The molecule has 1 saturated heterocycles. The number of fused-ring (bicyclic) bond motifs is 1. The van der Waals surface area contributed by atoms with Gasteiger partial charge in [0.25, 0.3) is 5.56 Å². The molecule has 4 nitrogen and oxygen atoms in total. The molecular weight excluding hydrogens is 348 g/mol. The second-order valence-electron chi connectivity index (χ2n) is 7.80. The molecule has 5 heteroatoms.